The molecule has 0 saturated heterocycles. The largest absolute Gasteiger partial charge is 0.508 e. The molecule has 2 N–H and O–H groups in total. The molecule has 0 atom stereocenters. The summed E-state index contributed by atoms with van der Waals surface area (Å²) < 4.78 is 13.0. The van der Waals surface area contributed by atoms with Crippen molar-refractivity contribution in [1.29, 1.82) is 0 Å². The number of hydrogen-bond acceptors (Lipinski definition) is 3. The van der Waals surface area contributed by atoms with Crippen LogP contribution in [0.25, 0.3) is 0 Å². The lowest BCUT2D eigenvalue weighted by Gasteiger charge is -2.02. The molecule has 0 saturated carbocycles. The van der Waals surface area contributed by atoms with Gasteiger partial charge in [-0.05, 0) is 18.2 Å². The molecule has 0 aromatic heterocycles. The highest BCUT2D eigenvalue weighted by molar-refractivity contribution is 7.99. The molecule has 14 heavy (non-hydrogen) atoms. The third kappa shape index (κ3) is 3.26. The lowest BCUT2D eigenvalue weighted by molar-refractivity contribution is -0.133. The molecule has 0 aliphatic carbocycles. The van der Waals surface area contributed by atoms with Crippen LogP contribution < -0.4 is 0 Å². The summed E-state index contributed by atoms with van der Waals surface area (Å²) in [6, 6.07) is 3.71. The molecular weight excluding hydrogens is 207 g/mol. The molecule has 0 heterocycles. The zero-order valence-corrected chi connectivity index (χ0v) is 8.05. The van der Waals surface area contributed by atoms with Crippen LogP contribution in [0, 0.1) is 5.82 Å². The van der Waals surface area contributed by atoms with Crippen LogP contribution in [-0.2, 0) is 10.5 Å². The van der Waals surface area contributed by atoms with Crippen molar-refractivity contribution >= 4 is 17.7 Å². The van der Waals surface area contributed by atoms with E-state index in [-0.39, 0.29) is 17.3 Å². The first-order valence-electron chi connectivity index (χ1n) is 3.86. The molecule has 1 aromatic carbocycles. The topological polar surface area (TPSA) is 57.5 Å². The number of aromatic hydroxyl groups is 1. The summed E-state index contributed by atoms with van der Waals surface area (Å²) in [5.74, 6) is -1.21. The summed E-state index contributed by atoms with van der Waals surface area (Å²) in [6.45, 7) is 0. The average molecular weight is 216 g/mol. The number of phenols is 1. The monoisotopic (exact) mass is 216 g/mol. The van der Waals surface area contributed by atoms with Gasteiger partial charge in [0.15, 0.2) is 0 Å². The molecule has 1 aromatic rings. The van der Waals surface area contributed by atoms with Gasteiger partial charge in [-0.3, -0.25) is 4.79 Å². The Morgan fingerprint density at radius 1 is 1.50 bits per heavy atom. The Labute approximate surface area is 84.6 Å². The fourth-order valence-electron chi connectivity index (χ4n) is 0.920. The van der Waals surface area contributed by atoms with E-state index in [0.29, 0.717) is 5.56 Å². The quantitative estimate of drug-likeness (QED) is 0.806. The summed E-state index contributed by atoms with van der Waals surface area (Å²) in [5, 5.41) is 17.4. The SMILES string of the molecule is O=C(O)CSCc1cc(O)ccc1F. The van der Waals surface area contributed by atoms with Crippen molar-refractivity contribution in [3.8, 4) is 5.75 Å². The maximum absolute atomic E-state index is 13.0. The molecule has 1 rings (SSSR count). The minimum atomic E-state index is -0.935. The maximum atomic E-state index is 13.0. The summed E-state index contributed by atoms with van der Waals surface area (Å²) in [7, 11) is 0. The van der Waals surface area contributed by atoms with Crippen molar-refractivity contribution < 1.29 is 19.4 Å². The van der Waals surface area contributed by atoms with Gasteiger partial charge in [0.25, 0.3) is 0 Å². The Hall–Kier alpha value is -1.23. The number of carbonyl (C=O) groups is 1. The van der Waals surface area contributed by atoms with Crippen molar-refractivity contribution in [3.05, 3.63) is 29.6 Å². The Morgan fingerprint density at radius 3 is 2.86 bits per heavy atom. The van der Waals surface area contributed by atoms with Gasteiger partial charge in [0.05, 0.1) is 5.75 Å². The van der Waals surface area contributed by atoms with E-state index in [1.54, 1.807) is 0 Å². The van der Waals surface area contributed by atoms with E-state index in [2.05, 4.69) is 0 Å². The Kier molecular flexibility index (Phi) is 3.76. The van der Waals surface area contributed by atoms with E-state index >= 15 is 0 Å². The molecule has 0 amide bonds. The minimum absolute atomic E-state index is 0.0164. The lowest BCUT2D eigenvalue weighted by Crippen LogP contribution is -1.98. The molecule has 76 valence electrons. The second-order valence-electron chi connectivity index (χ2n) is 2.66. The first-order chi connectivity index (χ1) is 6.59. The second-order valence-corrected chi connectivity index (χ2v) is 3.65. The lowest BCUT2D eigenvalue weighted by atomic mass is 10.2. The van der Waals surface area contributed by atoms with Gasteiger partial charge in [-0.25, -0.2) is 4.39 Å². The number of thioether (sulfide) groups is 1. The van der Waals surface area contributed by atoms with Gasteiger partial charge in [-0.1, -0.05) is 0 Å². The first kappa shape index (κ1) is 10.8. The molecule has 0 aliphatic rings. The standard InChI is InChI=1S/C9H9FO3S/c10-8-2-1-7(11)3-6(8)4-14-5-9(12)13/h1-3,11H,4-5H2,(H,12,13). The predicted molar refractivity (Wildman–Crippen MR) is 51.9 cm³/mol. The zero-order chi connectivity index (χ0) is 10.6. The van der Waals surface area contributed by atoms with Crippen LogP contribution in [0.2, 0.25) is 0 Å². The molecular formula is C9H9FO3S. The molecule has 5 heteroatoms. The Bertz CT molecular complexity index is 341. The number of phenolic OH excluding ortho intramolecular Hbond substituents is 1. The van der Waals surface area contributed by atoms with Crippen LogP contribution in [0.5, 0.6) is 5.75 Å². The van der Waals surface area contributed by atoms with Crippen LogP contribution in [0.15, 0.2) is 18.2 Å². The summed E-state index contributed by atoms with van der Waals surface area (Å²) in [6.07, 6.45) is 0. The van der Waals surface area contributed by atoms with Crippen molar-refractivity contribution in [1.82, 2.24) is 0 Å². The van der Waals surface area contributed by atoms with Gasteiger partial charge in [0, 0.05) is 11.3 Å². The Morgan fingerprint density at radius 2 is 2.21 bits per heavy atom. The maximum Gasteiger partial charge on any atom is 0.313 e. The van der Waals surface area contributed by atoms with Gasteiger partial charge < -0.3 is 10.2 Å². The van der Waals surface area contributed by atoms with Crippen LogP contribution in [-0.4, -0.2) is 21.9 Å². The molecule has 0 spiro atoms. The van der Waals surface area contributed by atoms with Crippen LogP contribution in [0.1, 0.15) is 5.56 Å². The number of benzene rings is 1. The van der Waals surface area contributed by atoms with E-state index in [4.69, 9.17) is 10.2 Å². The molecule has 0 bridgehead atoms. The number of hydrogen-bond donors (Lipinski definition) is 2. The number of carboxylic acid groups (broad SMARTS) is 1. The highest BCUT2D eigenvalue weighted by Gasteiger charge is 2.04. The van der Waals surface area contributed by atoms with Gasteiger partial charge in [0.2, 0.25) is 0 Å². The predicted octanol–water partition coefficient (Wildman–Crippen LogP) is 1.85. The van der Waals surface area contributed by atoms with E-state index in [1.807, 2.05) is 0 Å². The molecule has 0 radical (unpaired) electrons. The molecule has 0 aliphatic heterocycles. The van der Waals surface area contributed by atoms with Crippen LogP contribution in [0.3, 0.4) is 0 Å². The van der Waals surface area contributed by atoms with E-state index in [9.17, 15) is 9.18 Å². The normalized spacial score (nSPS) is 10.1. The van der Waals surface area contributed by atoms with E-state index < -0.39 is 11.8 Å². The van der Waals surface area contributed by atoms with Gasteiger partial charge in [-0.15, -0.1) is 11.8 Å². The fourth-order valence-corrected chi connectivity index (χ4v) is 1.64. The van der Waals surface area contributed by atoms with Crippen molar-refractivity contribution in [2.24, 2.45) is 0 Å². The van der Waals surface area contributed by atoms with Crippen molar-refractivity contribution in [2.75, 3.05) is 5.75 Å². The van der Waals surface area contributed by atoms with Crippen LogP contribution >= 0.6 is 11.8 Å². The molecule has 3 nitrogen and oxygen atoms in total. The fraction of sp³-hybridized carbons (Fsp3) is 0.222. The third-order valence-corrected chi connectivity index (χ3v) is 2.48. The zero-order valence-electron chi connectivity index (χ0n) is 7.24. The average Bonchev–Trinajstić information content (AvgIpc) is 2.10. The van der Waals surface area contributed by atoms with E-state index in [1.165, 1.54) is 12.1 Å². The second kappa shape index (κ2) is 4.85. The van der Waals surface area contributed by atoms with Crippen molar-refractivity contribution in [2.45, 2.75) is 5.75 Å². The smallest absolute Gasteiger partial charge is 0.313 e. The first-order valence-corrected chi connectivity index (χ1v) is 5.02. The highest BCUT2D eigenvalue weighted by Crippen LogP contribution is 2.20. The summed E-state index contributed by atoms with van der Waals surface area (Å²) in [4.78, 5) is 10.2. The summed E-state index contributed by atoms with van der Waals surface area (Å²) >= 11 is 1.09. The van der Waals surface area contributed by atoms with Crippen LogP contribution in [0.4, 0.5) is 4.39 Å². The minimum Gasteiger partial charge on any atom is -0.508 e. The molecule has 0 unspecified atom stereocenters. The van der Waals surface area contributed by atoms with Crippen molar-refractivity contribution in [3.63, 3.8) is 0 Å². The Balaban J connectivity index is 2.57. The number of aliphatic carboxylic acids is 1. The van der Waals surface area contributed by atoms with E-state index in [0.717, 1.165) is 17.8 Å². The highest BCUT2D eigenvalue weighted by atomic mass is 32.2. The number of carboxylic acids is 1. The molecule has 0 fully saturated rings. The number of halogens is 1. The van der Waals surface area contributed by atoms with Gasteiger partial charge in [-0.2, -0.15) is 0 Å². The third-order valence-electron chi connectivity index (χ3n) is 1.51. The summed E-state index contributed by atoms with van der Waals surface area (Å²) in [5.41, 5.74) is 0.316. The number of rotatable bonds is 4. The van der Waals surface area contributed by atoms with Gasteiger partial charge >= 0.3 is 5.97 Å². The van der Waals surface area contributed by atoms with Gasteiger partial charge in [0.1, 0.15) is 11.6 Å².